The zero-order valence-electron chi connectivity index (χ0n) is 15.8. The number of nitrogens with two attached hydrogens (primary N) is 1. The Morgan fingerprint density at radius 3 is 2.72 bits per heavy atom. The Labute approximate surface area is 167 Å². The van der Waals surface area contributed by atoms with Crippen molar-refractivity contribution in [3.8, 4) is 5.88 Å². The van der Waals surface area contributed by atoms with E-state index in [0.717, 1.165) is 16.5 Å². The minimum Gasteiger partial charge on any atom is -0.480 e. The van der Waals surface area contributed by atoms with E-state index in [2.05, 4.69) is 15.0 Å². The number of fused-ring (bicyclic) bond motifs is 1. The van der Waals surface area contributed by atoms with Crippen LogP contribution in [0.15, 0.2) is 73.2 Å². The predicted octanol–water partition coefficient (Wildman–Crippen LogP) is 3.46. The van der Waals surface area contributed by atoms with Crippen LogP contribution >= 0.6 is 0 Å². The van der Waals surface area contributed by atoms with Gasteiger partial charge in [0.15, 0.2) is 0 Å². The van der Waals surface area contributed by atoms with E-state index in [1.807, 2.05) is 24.3 Å². The molecule has 1 amide bonds. The normalized spacial score (nSPS) is 10.7. The second-order valence-electron chi connectivity index (χ2n) is 6.43. The lowest BCUT2D eigenvalue weighted by molar-refractivity contribution is 0.0984. The molecule has 0 aliphatic heterocycles. The van der Waals surface area contributed by atoms with E-state index in [1.54, 1.807) is 53.8 Å². The van der Waals surface area contributed by atoms with Crippen molar-refractivity contribution >= 4 is 28.3 Å². The van der Waals surface area contributed by atoms with Crippen LogP contribution < -0.4 is 15.4 Å². The molecule has 0 aliphatic rings. The zero-order valence-corrected chi connectivity index (χ0v) is 15.8. The van der Waals surface area contributed by atoms with Gasteiger partial charge in [-0.1, -0.05) is 12.1 Å². The number of nitrogen functional groups attached to an aromatic ring is 1. The van der Waals surface area contributed by atoms with E-state index in [0.29, 0.717) is 29.5 Å². The van der Waals surface area contributed by atoms with E-state index >= 15 is 0 Å². The van der Waals surface area contributed by atoms with Gasteiger partial charge < -0.3 is 10.5 Å². The molecule has 0 fully saturated rings. The van der Waals surface area contributed by atoms with E-state index in [4.69, 9.17) is 10.5 Å². The number of aromatic nitrogens is 3. The molecule has 0 aliphatic carbocycles. The first-order valence-electron chi connectivity index (χ1n) is 9.02. The van der Waals surface area contributed by atoms with Gasteiger partial charge in [-0.15, -0.1) is 0 Å². The molecular formula is C22H19N5O2. The van der Waals surface area contributed by atoms with Crippen molar-refractivity contribution in [1.29, 1.82) is 0 Å². The lowest BCUT2D eigenvalue weighted by Crippen LogP contribution is -2.31. The molecule has 0 saturated carbocycles. The number of methoxy groups -OCH3 is 1. The van der Waals surface area contributed by atoms with Crippen molar-refractivity contribution in [1.82, 2.24) is 15.0 Å². The maximum Gasteiger partial charge on any atom is 0.260 e. The number of rotatable bonds is 5. The molecule has 29 heavy (non-hydrogen) atoms. The standard InChI is InChI=1S/C22H19N5O2/c1-29-21-19(5-3-11-25-21)27(22(28)17-4-2-10-24-13-17)14-15-6-7-16-8-9-20(23)26-18(16)12-15/h2-13H,14H2,1H3,(H2,23,26). The van der Waals surface area contributed by atoms with Gasteiger partial charge in [0.25, 0.3) is 5.91 Å². The van der Waals surface area contributed by atoms with E-state index in [-0.39, 0.29) is 5.91 Å². The minimum atomic E-state index is -0.204. The summed E-state index contributed by atoms with van der Waals surface area (Å²) < 4.78 is 5.39. The van der Waals surface area contributed by atoms with Crippen LogP contribution in [0.1, 0.15) is 15.9 Å². The van der Waals surface area contributed by atoms with Gasteiger partial charge in [0.1, 0.15) is 11.5 Å². The predicted molar refractivity (Wildman–Crippen MR) is 112 cm³/mol. The lowest BCUT2D eigenvalue weighted by Gasteiger charge is -2.24. The second-order valence-corrected chi connectivity index (χ2v) is 6.43. The van der Waals surface area contributed by atoms with Crippen molar-refractivity contribution in [3.05, 3.63) is 84.3 Å². The topological polar surface area (TPSA) is 94.2 Å². The highest BCUT2D eigenvalue weighted by molar-refractivity contribution is 6.06. The fourth-order valence-corrected chi connectivity index (χ4v) is 3.12. The molecule has 2 N–H and O–H groups in total. The Hall–Kier alpha value is -4.00. The molecule has 0 bridgehead atoms. The summed E-state index contributed by atoms with van der Waals surface area (Å²) in [6.07, 6.45) is 4.80. The average molecular weight is 385 g/mol. The molecule has 4 rings (SSSR count). The molecule has 3 heterocycles. The highest BCUT2D eigenvalue weighted by Gasteiger charge is 2.22. The first kappa shape index (κ1) is 18.4. The van der Waals surface area contributed by atoms with Crippen LogP contribution in [0.2, 0.25) is 0 Å². The lowest BCUT2D eigenvalue weighted by atomic mass is 10.1. The van der Waals surface area contributed by atoms with Crippen LogP contribution in [-0.2, 0) is 6.54 Å². The molecule has 0 unspecified atom stereocenters. The van der Waals surface area contributed by atoms with Crippen molar-refractivity contribution in [3.63, 3.8) is 0 Å². The summed E-state index contributed by atoms with van der Waals surface area (Å²) in [5.74, 6) is 0.616. The van der Waals surface area contributed by atoms with Crippen LogP contribution in [0.5, 0.6) is 5.88 Å². The number of ether oxygens (including phenoxy) is 1. The Morgan fingerprint density at radius 1 is 1.10 bits per heavy atom. The van der Waals surface area contributed by atoms with Gasteiger partial charge >= 0.3 is 0 Å². The van der Waals surface area contributed by atoms with Crippen LogP contribution in [0.25, 0.3) is 10.9 Å². The molecule has 0 spiro atoms. The Morgan fingerprint density at radius 2 is 1.93 bits per heavy atom. The van der Waals surface area contributed by atoms with Gasteiger partial charge in [-0.2, -0.15) is 0 Å². The second kappa shape index (κ2) is 7.93. The highest BCUT2D eigenvalue weighted by Crippen LogP contribution is 2.29. The quantitative estimate of drug-likeness (QED) is 0.565. The third-order valence-corrected chi connectivity index (χ3v) is 4.51. The average Bonchev–Trinajstić information content (AvgIpc) is 2.77. The van der Waals surface area contributed by atoms with Crippen molar-refractivity contribution in [2.45, 2.75) is 6.54 Å². The van der Waals surface area contributed by atoms with Crippen LogP contribution in [-0.4, -0.2) is 28.0 Å². The van der Waals surface area contributed by atoms with Gasteiger partial charge in [-0.05, 0) is 48.0 Å². The summed E-state index contributed by atoms with van der Waals surface area (Å²) in [6, 6.07) is 16.6. The Balaban J connectivity index is 1.77. The first-order valence-corrected chi connectivity index (χ1v) is 9.02. The number of carbonyl (C=O) groups is 1. The van der Waals surface area contributed by atoms with Gasteiger partial charge in [-0.3, -0.25) is 14.7 Å². The fraction of sp³-hybridized carbons (Fsp3) is 0.0909. The summed E-state index contributed by atoms with van der Waals surface area (Å²) in [5, 5.41) is 0.979. The molecule has 0 atom stereocenters. The highest BCUT2D eigenvalue weighted by atomic mass is 16.5. The fourth-order valence-electron chi connectivity index (χ4n) is 3.12. The SMILES string of the molecule is COc1ncccc1N(Cc1ccc2ccc(N)nc2c1)C(=O)c1cccnc1. The van der Waals surface area contributed by atoms with E-state index in [9.17, 15) is 4.79 Å². The minimum absolute atomic E-state index is 0.204. The van der Waals surface area contributed by atoms with Crippen LogP contribution in [0.4, 0.5) is 11.5 Å². The molecule has 1 aromatic carbocycles. The molecular weight excluding hydrogens is 366 g/mol. The number of nitrogens with zero attached hydrogens (tertiary/aromatic N) is 4. The third kappa shape index (κ3) is 3.84. The number of hydrogen-bond acceptors (Lipinski definition) is 6. The molecule has 144 valence electrons. The smallest absolute Gasteiger partial charge is 0.260 e. The molecule has 4 aromatic rings. The number of anilines is 2. The monoisotopic (exact) mass is 385 g/mol. The number of hydrogen-bond donors (Lipinski definition) is 1. The van der Waals surface area contributed by atoms with Crippen LogP contribution in [0, 0.1) is 0 Å². The summed E-state index contributed by atoms with van der Waals surface area (Å²) in [6.45, 7) is 0.308. The molecule has 0 radical (unpaired) electrons. The maximum absolute atomic E-state index is 13.3. The molecule has 0 saturated heterocycles. The van der Waals surface area contributed by atoms with Crippen LogP contribution in [0.3, 0.4) is 0 Å². The van der Waals surface area contributed by atoms with Gasteiger partial charge in [-0.25, -0.2) is 9.97 Å². The third-order valence-electron chi connectivity index (χ3n) is 4.51. The Bertz CT molecular complexity index is 1160. The Kier molecular flexibility index (Phi) is 5.03. The molecule has 3 aromatic heterocycles. The number of carbonyl (C=O) groups excluding carboxylic acids is 1. The first-order chi connectivity index (χ1) is 14.2. The summed E-state index contributed by atoms with van der Waals surface area (Å²) in [7, 11) is 1.53. The summed E-state index contributed by atoms with van der Waals surface area (Å²) in [4.78, 5) is 27.6. The van der Waals surface area contributed by atoms with E-state index < -0.39 is 0 Å². The zero-order chi connectivity index (χ0) is 20.2. The van der Waals surface area contributed by atoms with E-state index in [1.165, 1.54) is 7.11 Å². The molecule has 7 nitrogen and oxygen atoms in total. The van der Waals surface area contributed by atoms with Crippen molar-refractivity contribution < 1.29 is 9.53 Å². The van der Waals surface area contributed by atoms with Gasteiger partial charge in [0, 0.05) is 24.0 Å². The number of benzene rings is 1. The summed E-state index contributed by atoms with van der Waals surface area (Å²) >= 11 is 0. The van der Waals surface area contributed by atoms with Gasteiger partial charge in [0.05, 0.1) is 24.7 Å². The van der Waals surface area contributed by atoms with Gasteiger partial charge in [0.2, 0.25) is 5.88 Å². The number of amides is 1. The summed E-state index contributed by atoms with van der Waals surface area (Å²) in [5.41, 5.74) is 8.54. The number of pyridine rings is 3. The largest absolute Gasteiger partial charge is 0.480 e. The maximum atomic E-state index is 13.3. The van der Waals surface area contributed by atoms with Crippen molar-refractivity contribution in [2.24, 2.45) is 0 Å². The van der Waals surface area contributed by atoms with Crippen molar-refractivity contribution in [2.75, 3.05) is 17.7 Å². The molecule has 7 heteroatoms.